The molecule has 1 heterocycles. The molecule has 0 saturated heterocycles. The molecule has 0 aliphatic rings. The van der Waals surface area contributed by atoms with Gasteiger partial charge in [0.2, 0.25) is 0 Å². The fourth-order valence-electron chi connectivity index (χ4n) is 2.25. The molecule has 0 bridgehead atoms. The van der Waals surface area contributed by atoms with Crippen LogP contribution in [0.1, 0.15) is 10.4 Å². The Morgan fingerprint density at radius 3 is 2.57 bits per heavy atom. The van der Waals surface area contributed by atoms with Crippen molar-refractivity contribution in [2.75, 3.05) is 14.2 Å². The van der Waals surface area contributed by atoms with E-state index in [9.17, 15) is 4.79 Å². The first kappa shape index (κ1) is 14.8. The van der Waals surface area contributed by atoms with Gasteiger partial charge in [-0.05, 0) is 24.3 Å². The SMILES string of the molecule is COC(=O)c1cccc(-c2cc(-c3cccc(OC)c3)on2)c1. The normalized spacial score (nSPS) is 10.3. The predicted molar refractivity (Wildman–Crippen MR) is 85.3 cm³/mol. The molecule has 0 atom stereocenters. The third kappa shape index (κ3) is 3.08. The molecule has 5 heteroatoms. The van der Waals surface area contributed by atoms with Gasteiger partial charge in [0, 0.05) is 17.2 Å². The summed E-state index contributed by atoms with van der Waals surface area (Å²) < 4.78 is 15.3. The highest BCUT2D eigenvalue weighted by molar-refractivity contribution is 5.90. The van der Waals surface area contributed by atoms with Gasteiger partial charge in [-0.2, -0.15) is 0 Å². The van der Waals surface area contributed by atoms with Gasteiger partial charge in [0.15, 0.2) is 5.76 Å². The quantitative estimate of drug-likeness (QED) is 0.686. The average molecular weight is 309 g/mol. The summed E-state index contributed by atoms with van der Waals surface area (Å²) >= 11 is 0. The van der Waals surface area contributed by atoms with Crippen LogP contribution >= 0.6 is 0 Å². The van der Waals surface area contributed by atoms with Crippen LogP contribution in [0.5, 0.6) is 5.75 Å². The van der Waals surface area contributed by atoms with E-state index in [1.54, 1.807) is 25.3 Å². The number of methoxy groups -OCH3 is 2. The zero-order valence-electron chi connectivity index (χ0n) is 12.8. The van der Waals surface area contributed by atoms with E-state index < -0.39 is 0 Å². The van der Waals surface area contributed by atoms with Crippen molar-refractivity contribution in [3.05, 3.63) is 60.2 Å². The van der Waals surface area contributed by atoms with Gasteiger partial charge in [-0.3, -0.25) is 0 Å². The van der Waals surface area contributed by atoms with Crippen LogP contribution in [0.2, 0.25) is 0 Å². The highest BCUT2D eigenvalue weighted by atomic mass is 16.5. The molecule has 0 radical (unpaired) electrons. The number of benzene rings is 2. The molecule has 0 saturated carbocycles. The highest BCUT2D eigenvalue weighted by Crippen LogP contribution is 2.28. The topological polar surface area (TPSA) is 61.6 Å². The highest BCUT2D eigenvalue weighted by Gasteiger charge is 2.12. The van der Waals surface area contributed by atoms with Crippen LogP contribution in [0, 0.1) is 0 Å². The van der Waals surface area contributed by atoms with Gasteiger partial charge in [-0.15, -0.1) is 0 Å². The Kier molecular flexibility index (Phi) is 4.10. The zero-order valence-corrected chi connectivity index (χ0v) is 12.8. The second-order valence-electron chi connectivity index (χ2n) is 4.88. The summed E-state index contributed by atoms with van der Waals surface area (Å²) in [5, 5.41) is 4.08. The Hall–Kier alpha value is -3.08. The van der Waals surface area contributed by atoms with Crippen molar-refractivity contribution in [2.45, 2.75) is 0 Å². The van der Waals surface area contributed by atoms with E-state index in [4.69, 9.17) is 14.0 Å². The zero-order chi connectivity index (χ0) is 16.2. The second-order valence-corrected chi connectivity index (χ2v) is 4.88. The molecular formula is C18H15NO4. The third-order valence-electron chi connectivity index (χ3n) is 3.44. The van der Waals surface area contributed by atoms with E-state index in [-0.39, 0.29) is 5.97 Å². The minimum absolute atomic E-state index is 0.386. The fraction of sp³-hybridized carbons (Fsp3) is 0.111. The van der Waals surface area contributed by atoms with Crippen molar-refractivity contribution in [3.8, 4) is 28.3 Å². The van der Waals surface area contributed by atoms with Crippen LogP contribution in [0.3, 0.4) is 0 Å². The maximum atomic E-state index is 11.6. The van der Waals surface area contributed by atoms with Crippen LogP contribution in [0.25, 0.3) is 22.6 Å². The molecule has 3 aromatic rings. The lowest BCUT2D eigenvalue weighted by Gasteiger charge is -2.01. The van der Waals surface area contributed by atoms with Gasteiger partial charge >= 0.3 is 5.97 Å². The van der Waals surface area contributed by atoms with Crippen LogP contribution in [-0.4, -0.2) is 25.3 Å². The second kappa shape index (κ2) is 6.36. The van der Waals surface area contributed by atoms with Crippen molar-refractivity contribution >= 4 is 5.97 Å². The molecule has 5 nitrogen and oxygen atoms in total. The first-order valence-electron chi connectivity index (χ1n) is 7.01. The lowest BCUT2D eigenvalue weighted by Crippen LogP contribution is -2.00. The first-order chi connectivity index (χ1) is 11.2. The lowest BCUT2D eigenvalue weighted by atomic mass is 10.1. The standard InChI is InChI=1S/C18H15NO4/c1-21-15-8-4-6-13(10-15)17-11-16(19-23-17)12-5-3-7-14(9-12)18(20)22-2/h3-11H,1-2H3. The van der Waals surface area contributed by atoms with Crippen molar-refractivity contribution in [1.29, 1.82) is 0 Å². The molecule has 0 amide bonds. The number of carbonyl (C=O) groups is 1. The van der Waals surface area contributed by atoms with Crippen molar-refractivity contribution in [1.82, 2.24) is 5.16 Å². The molecule has 116 valence electrons. The minimum atomic E-state index is -0.386. The minimum Gasteiger partial charge on any atom is -0.497 e. The number of hydrogen-bond donors (Lipinski definition) is 0. The van der Waals surface area contributed by atoms with Crippen molar-refractivity contribution in [3.63, 3.8) is 0 Å². The summed E-state index contributed by atoms with van der Waals surface area (Å²) in [7, 11) is 2.97. The molecule has 0 fully saturated rings. The Balaban J connectivity index is 1.94. The van der Waals surface area contributed by atoms with Crippen molar-refractivity contribution < 1.29 is 18.8 Å². The van der Waals surface area contributed by atoms with Gasteiger partial charge in [0.1, 0.15) is 11.4 Å². The molecule has 0 unspecified atom stereocenters. The average Bonchev–Trinajstić information content (AvgIpc) is 3.11. The first-order valence-corrected chi connectivity index (χ1v) is 7.01. The number of esters is 1. The summed E-state index contributed by atoms with van der Waals surface area (Å²) in [6, 6.07) is 16.4. The van der Waals surface area contributed by atoms with E-state index in [2.05, 4.69) is 5.16 Å². The predicted octanol–water partition coefficient (Wildman–Crippen LogP) is 3.80. The number of ether oxygens (including phenoxy) is 2. The van der Waals surface area contributed by atoms with Gasteiger partial charge in [0.05, 0.1) is 19.8 Å². The summed E-state index contributed by atoms with van der Waals surface area (Å²) in [6.45, 7) is 0. The summed E-state index contributed by atoms with van der Waals surface area (Å²) in [5.41, 5.74) is 2.77. The Morgan fingerprint density at radius 2 is 1.78 bits per heavy atom. The summed E-state index contributed by atoms with van der Waals surface area (Å²) in [6.07, 6.45) is 0. The molecule has 23 heavy (non-hydrogen) atoms. The van der Waals surface area contributed by atoms with Crippen molar-refractivity contribution in [2.24, 2.45) is 0 Å². The number of nitrogens with zero attached hydrogens (tertiary/aromatic N) is 1. The number of carbonyl (C=O) groups excluding carboxylic acids is 1. The lowest BCUT2D eigenvalue weighted by molar-refractivity contribution is 0.0601. The van der Waals surface area contributed by atoms with E-state index in [1.807, 2.05) is 36.4 Å². The fourth-order valence-corrected chi connectivity index (χ4v) is 2.25. The molecule has 0 aliphatic carbocycles. The van der Waals surface area contributed by atoms with Gasteiger partial charge in [-0.25, -0.2) is 4.79 Å². The molecule has 2 aromatic carbocycles. The maximum Gasteiger partial charge on any atom is 0.337 e. The van der Waals surface area contributed by atoms with E-state index in [1.165, 1.54) is 7.11 Å². The summed E-state index contributed by atoms with van der Waals surface area (Å²) in [4.78, 5) is 11.6. The van der Waals surface area contributed by atoms with Crippen LogP contribution < -0.4 is 4.74 Å². The molecular weight excluding hydrogens is 294 g/mol. The Morgan fingerprint density at radius 1 is 1.00 bits per heavy atom. The molecule has 0 aliphatic heterocycles. The molecule has 0 spiro atoms. The number of aromatic nitrogens is 1. The van der Waals surface area contributed by atoms with E-state index in [0.717, 1.165) is 16.9 Å². The number of hydrogen-bond acceptors (Lipinski definition) is 5. The smallest absolute Gasteiger partial charge is 0.337 e. The molecule has 1 aromatic heterocycles. The van der Waals surface area contributed by atoms with E-state index in [0.29, 0.717) is 17.0 Å². The summed E-state index contributed by atoms with van der Waals surface area (Å²) in [5.74, 6) is 0.985. The number of rotatable bonds is 4. The van der Waals surface area contributed by atoms with Gasteiger partial charge in [-0.1, -0.05) is 29.4 Å². The van der Waals surface area contributed by atoms with Gasteiger partial charge < -0.3 is 14.0 Å². The largest absolute Gasteiger partial charge is 0.497 e. The molecule has 0 N–H and O–H groups in total. The monoisotopic (exact) mass is 309 g/mol. The third-order valence-corrected chi connectivity index (χ3v) is 3.44. The van der Waals surface area contributed by atoms with Gasteiger partial charge in [0.25, 0.3) is 0 Å². The van der Waals surface area contributed by atoms with Crippen LogP contribution in [0.15, 0.2) is 59.1 Å². The Labute approximate surface area is 133 Å². The van der Waals surface area contributed by atoms with Crippen LogP contribution in [0.4, 0.5) is 0 Å². The maximum absolute atomic E-state index is 11.6. The molecule has 3 rings (SSSR count). The van der Waals surface area contributed by atoms with E-state index >= 15 is 0 Å². The Bertz CT molecular complexity index is 838. The van der Waals surface area contributed by atoms with Crippen LogP contribution in [-0.2, 0) is 4.74 Å².